The lowest BCUT2D eigenvalue weighted by atomic mass is 10.2. The Bertz CT molecular complexity index is 783. The molecule has 0 spiro atoms. The van der Waals surface area contributed by atoms with Crippen LogP contribution in [0, 0.1) is 17.6 Å². The van der Waals surface area contributed by atoms with Gasteiger partial charge in [0.2, 0.25) is 0 Å². The van der Waals surface area contributed by atoms with Crippen molar-refractivity contribution in [1.82, 2.24) is 4.98 Å². The summed E-state index contributed by atoms with van der Waals surface area (Å²) in [6.07, 6.45) is 2.27. The molecule has 1 saturated carbocycles. The molecular formula is C18H16BrF2NO3. The number of halogens is 3. The molecular weight excluding hydrogens is 396 g/mol. The van der Waals surface area contributed by atoms with E-state index in [0.29, 0.717) is 12.4 Å². The van der Waals surface area contributed by atoms with E-state index in [1.54, 1.807) is 19.1 Å². The van der Waals surface area contributed by atoms with E-state index in [4.69, 9.17) is 9.47 Å². The number of carbonyl (C=O) groups is 1. The highest BCUT2D eigenvalue weighted by atomic mass is 79.9. The molecule has 3 rings (SSSR count). The lowest BCUT2D eigenvalue weighted by Gasteiger charge is -2.08. The molecule has 0 aliphatic heterocycles. The average Bonchev–Trinajstić information content (AvgIpc) is 3.38. The summed E-state index contributed by atoms with van der Waals surface area (Å²) in [5.41, 5.74) is 1.04. The number of benzene rings is 1. The molecule has 4 nitrogen and oxygen atoms in total. The van der Waals surface area contributed by atoms with Crippen LogP contribution in [0.25, 0.3) is 0 Å². The van der Waals surface area contributed by atoms with Crippen LogP contribution in [0.15, 0.2) is 34.9 Å². The van der Waals surface area contributed by atoms with Crippen LogP contribution in [0.2, 0.25) is 0 Å². The summed E-state index contributed by atoms with van der Waals surface area (Å²) in [6.45, 7) is 2.11. The minimum Gasteiger partial charge on any atom is -0.487 e. The van der Waals surface area contributed by atoms with Crippen LogP contribution in [0.1, 0.15) is 30.5 Å². The molecule has 1 heterocycles. The molecule has 0 unspecified atom stereocenters. The monoisotopic (exact) mass is 411 g/mol. The minimum absolute atomic E-state index is 0.0411. The topological polar surface area (TPSA) is 48.4 Å². The Balaban J connectivity index is 1.59. The van der Waals surface area contributed by atoms with Crippen molar-refractivity contribution in [2.24, 2.45) is 5.92 Å². The fraction of sp³-hybridized carbons (Fsp3) is 0.333. The molecule has 0 radical (unpaired) electrons. The molecule has 1 aromatic heterocycles. The zero-order chi connectivity index (χ0) is 18.0. The third-order valence-electron chi connectivity index (χ3n) is 4.00. The Labute approximate surface area is 152 Å². The third kappa shape index (κ3) is 4.15. The van der Waals surface area contributed by atoms with E-state index in [9.17, 15) is 13.6 Å². The molecule has 0 bridgehead atoms. The van der Waals surface area contributed by atoms with Gasteiger partial charge in [-0.3, -0.25) is 9.78 Å². The predicted molar refractivity (Wildman–Crippen MR) is 90.1 cm³/mol. The maximum Gasteiger partial charge on any atom is 0.309 e. The van der Waals surface area contributed by atoms with Gasteiger partial charge in [0.25, 0.3) is 0 Å². The van der Waals surface area contributed by atoms with Gasteiger partial charge in [0.1, 0.15) is 24.0 Å². The quantitative estimate of drug-likeness (QED) is 0.523. The molecule has 1 aliphatic carbocycles. The van der Waals surface area contributed by atoms with Gasteiger partial charge in [-0.1, -0.05) is 0 Å². The summed E-state index contributed by atoms with van der Waals surface area (Å²) in [5.74, 6) is -1.08. The van der Waals surface area contributed by atoms with E-state index in [-0.39, 0.29) is 34.4 Å². The number of hydrogen-bond acceptors (Lipinski definition) is 4. The molecule has 0 N–H and O–H groups in total. The van der Waals surface area contributed by atoms with E-state index in [1.807, 2.05) is 0 Å². The Hall–Kier alpha value is -2.02. The number of ether oxygens (including phenoxy) is 2. The van der Waals surface area contributed by atoms with Crippen molar-refractivity contribution in [3.8, 4) is 5.75 Å². The van der Waals surface area contributed by atoms with Crippen molar-refractivity contribution < 1.29 is 23.0 Å². The van der Waals surface area contributed by atoms with Gasteiger partial charge in [-0.25, -0.2) is 8.78 Å². The lowest BCUT2D eigenvalue weighted by molar-refractivity contribution is -0.144. The average molecular weight is 412 g/mol. The third-order valence-corrected chi connectivity index (χ3v) is 4.61. The van der Waals surface area contributed by atoms with Crippen molar-refractivity contribution in [2.75, 3.05) is 6.61 Å². The van der Waals surface area contributed by atoms with Crippen LogP contribution in [0.3, 0.4) is 0 Å². The second kappa shape index (κ2) is 7.47. The first-order valence-electron chi connectivity index (χ1n) is 7.88. The van der Waals surface area contributed by atoms with Gasteiger partial charge in [0.05, 0.1) is 23.2 Å². The summed E-state index contributed by atoms with van der Waals surface area (Å²) < 4.78 is 37.6. The molecule has 0 amide bonds. The van der Waals surface area contributed by atoms with E-state index >= 15 is 0 Å². The van der Waals surface area contributed by atoms with Crippen molar-refractivity contribution in [3.05, 3.63) is 57.8 Å². The SMILES string of the molecule is CCOC(=O)[C@H]1C[C@@H]1c1ccc(OCc2cc(Br)c(F)cc2F)cn1. The van der Waals surface area contributed by atoms with Gasteiger partial charge < -0.3 is 9.47 Å². The molecule has 1 aliphatic rings. The molecule has 0 saturated heterocycles. The summed E-state index contributed by atoms with van der Waals surface area (Å²) in [6, 6.07) is 5.67. The lowest BCUT2D eigenvalue weighted by Crippen LogP contribution is -2.07. The Kier molecular flexibility index (Phi) is 5.32. The molecule has 2 aromatic rings. The number of hydrogen-bond donors (Lipinski definition) is 0. The van der Waals surface area contributed by atoms with Crippen molar-refractivity contribution in [2.45, 2.75) is 25.9 Å². The minimum atomic E-state index is -0.666. The van der Waals surface area contributed by atoms with Gasteiger partial charge in [0.15, 0.2) is 0 Å². The molecule has 1 aromatic carbocycles. The second-order valence-electron chi connectivity index (χ2n) is 5.77. The van der Waals surface area contributed by atoms with E-state index in [2.05, 4.69) is 20.9 Å². The largest absolute Gasteiger partial charge is 0.487 e. The number of pyridine rings is 1. The first-order chi connectivity index (χ1) is 12.0. The fourth-order valence-electron chi connectivity index (χ4n) is 2.56. The van der Waals surface area contributed by atoms with Crippen LogP contribution in [-0.2, 0) is 16.1 Å². The summed E-state index contributed by atoms with van der Waals surface area (Å²) in [5, 5.41) is 0. The standard InChI is InChI=1S/C18H16BrF2NO3/c1-2-24-18(23)13-6-12(13)17-4-3-11(8-22-17)25-9-10-5-14(19)16(21)7-15(10)20/h3-5,7-8,12-13H,2,6,9H2,1H3/t12-,13-/m0/s1. The summed E-state index contributed by atoms with van der Waals surface area (Å²) >= 11 is 3.02. The van der Waals surface area contributed by atoms with Gasteiger partial charge in [-0.2, -0.15) is 0 Å². The van der Waals surface area contributed by atoms with E-state index < -0.39 is 11.6 Å². The zero-order valence-electron chi connectivity index (χ0n) is 13.5. The highest BCUT2D eigenvalue weighted by Gasteiger charge is 2.46. The van der Waals surface area contributed by atoms with Gasteiger partial charge in [0, 0.05) is 23.2 Å². The Morgan fingerprint density at radius 3 is 2.80 bits per heavy atom. The zero-order valence-corrected chi connectivity index (χ0v) is 15.1. The molecule has 2 atom stereocenters. The fourth-order valence-corrected chi connectivity index (χ4v) is 2.95. The smallest absolute Gasteiger partial charge is 0.309 e. The number of aromatic nitrogens is 1. The summed E-state index contributed by atoms with van der Waals surface area (Å²) in [4.78, 5) is 16.0. The van der Waals surface area contributed by atoms with Gasteiger partial charge >= 0.3 is 5.97 Å². The van der Waals surface area contributed by atoms with Crippen molar-refractivity contribution in [3.63, 3.8) is 0 Å². The number of carbonyl (C=O) groups excluding carboxylic acids is 1. The number of esters is 1. The second-order valence-corrected chi connectivity index (χ2v) is 6.62. The Morgan fingerprint density at radius 2 is 2.12 bits per heavy atom. The normalized spacial score (nSPS) is 18.7. The maximum atomic E-state index is 13.7. The van der Waals surface area contributed by atoms with Crippen LogP contribution < -0.4 is 4.74 Å². The molecule has 25 heavy (non-hydrogen) atoms. The first-order valence-corrected chi connectivity index (χ1v) is 8.67. The predicted octanol–water partition coefficient (Wildman–Crippen LogP) is 4.37. The number of rotatable bonds is 6. The van der Waals surface area contributed by atoms with Gasteiger partial charge in [-0.15, -0.1) is 0 Å². The van der Waals surface area contributed by atoms with Crippen LogP contribution in [0.5, 0.6) is 5.75 Å². The van der Waals surface area contributed by atoms with Gasteiger partial charge in [-0.05, 0) is 47.5 Å². The molecule has 132 valence electrons. The van der Waals surface area contributed by atoms with E-state index in [1.165, 1.54) is 12.3 Å². The summed E-state index contributed by atoms with van der Waals surface area (Å²) in [7, 11) is 0. The van der Waals surface area contributed by atoms with Crippen molar-refractivity contribution >= 4 is 21.9 Å². The van der Waals surface area contributed by atoms with E-state index in [0.717, 1.165) is 18.2 Å². The van der Waals surface area contributed by atoms with Crippen LogP contribution in [-0.4, -0.2) is 17.6 Å². The Morgan fingerprint density at radius 1 is 1.32 bits per heavy atom. The maximum absolute atomic E-state index is 13.7. The van der Waals surface area contributed by atoms with Crippen molar-refractivity contribution in [1.29, 1.82) is 0 Å². The number of nitrogens with zero attached hydrogens (tertiary/aromatic N) is 1. The highest BCUT2D eigenvalue weighted by Crippen LogP contribution is 2.47. The first kappa shape index (κ1) is 17.8. The molecule has 1 fully saturated rings. The van der Waals surface area contributed by atoms with Crippen LogP contribution in [0.4, 0.5) is 8.78 Å². The van der Waals surface area contributed by atoms with Crippen LogP contribution >= 0.6 is 15.9 Å². The molecule has 7 heteroatoms. The highest BCUT2D eigenvalue weighted by molar-refractivity contribution is 9.10.